The van der Waals surface area contributed by atoms with E-state index in [4.69, 9.17) is 28.9 Å². The Morgan fingerprint density at radius 3 is 1.78 bits per heavy atom. The molecule has 3 atom stereocenters. The highest BCUT2D eigenvalue weighted by Crippen LogP contribution is 2.42. The van der Waals surface area contributed by atoms with Gasteiger partial charge in [0.2, 0.25) is 5.91 Å². The van der Waals surface area contributed by atoms with E-state index in [2.05, 4.69) is 46.4 Å². The number of carbonyl (C=O) groups is 7. The molecule has 0 aromatic heterocycles. The molecular weight excluding hydrogens is 1090 g/mol. The summed E-state index contributed by atoms with van der Waals surface area (Å²) in [4.78, 5) is 110. The Morgan fingerprint density at radius 2 is 1.21 bits per heavy atom. The van der Waals surface area contributed by atoms with E-state index in [1.54, 1.807) is 47.4 Å². The van der Waals surface area contributed by atoms with Gasteiger partial charge in [0.05, 0.1) is 68.6 Å². The lowest BCUT2D eigenvalue weighted by molar-refractivity contribution is -0.137. The first-order chi connectivity index (χ1) is 41.6. The van der Waals surface area contributed by atoms with Gasteiger partial charge in [-0.15, -0.1) is 0 Å². The monoisotopic (exact) mass is 1170 g/mol. The maximum Gasteiger partial charge on any atom is 0.260 e. The van der Waals surface area contributed by atoms with Crippen molar-refractivity contribution in [1.29, 1.82) is 0 Å². The zero-order valence-electron chi connectivity index (χ0n) is 49.8. The topological polar surface area (TPSA) is 209 Å². The number of rotatable bonds is 27. The first-order valence-electron chi connectivity index (χ1n) is 30.0. The number of Topliss-reactive ketones (excluding diaryl/α,β-unsaturated/α-hetero) is 2. The van der Waals surface area contributed by atoms with Gasteiger partial charge in [0.25, 0.3) is 23.6 Å². The third-order valence-electron chi connectivity index (χ3n) is 16.8. The molecule has 1 N–H and O–H groups in total. The number of nitrogens with one attached hydrogen (secondary N) is 1. The Bertz CT molecular complexity index is 3390. The van der Waals surface area contributed by atoms with Crippen LogP contribution in [0.25, 0.3) is 11.1 Å². The summed E-state index contributed by atoms with van der Waals surface area (Å²) >= 11 is 0. The lowest BCUT2D eigenvalue weighted by atomic mass is 9.88. The van der Waals surface area contributed by atoms with Crippen molar-refractivity contribution in [3.8, 4) is 23.0 Å². The number of unbranched alkanes of at least 4 members (excludes halogenated alkanes) is 4. The Morgan fingerprint density at radius 1 is 0.640 bits per heavy atom. The molecule has 19 heteroatoms. The number of methoxy groups -OCH3 is 2. The summed E-state index contributed by atoms with van der Waals surface area (Å²) in [5, 5.41) is 2.76. The molecule has 10 rings (SSSR count). The van der Waals surface area contributed by atoms with Crippen LogP contribution >= 0.6 is 0 Å². The zero-order valence-corrected chi connectivity index (χ0v) is 49.8. The predicted octanol–water partition coefficient (Wildman–Crippen LogP) is 8.97. The summed E-state index contributed by atoms with van der Waals surface area (Å²) in [7, 11) is 5.25. The molecule has 0 bridgehead atoms. The summed E-state index contributed by atoms with van der Waals surface area (Å²) in [6, 6.07) is 22.6. The SMILES string of the molecule is COc1cc2c(cc1OCCCCCOc1cc3c(cc1OC)C(=O)N1C=C(c4cccc(CC(=O)CNC(=O)[C@@H](CC(=O)CCCCCN5C(=O)C=CC5=O)C(C)C)c4)C[C@H]1C=N3)N=C[C@@H]1CC(c3ccc(N4CCN(C)CC4)cc3)=CN1C2=O. The van der Waals surface area contributed by atoms with Crippen LogP contribution in [-0.2, 0) is 30.4 Å². The number of hydrogen-bond donors (Lipinski definition) is 1. The number of aliphatic imine (C=N–C) groups is 2. The molecule has 6 aliphatic heterocycles. The van der Waals surface area contributed by atoms with E-state index in [-0.39, 0.29) is 84.9 Å². The molecular formula is C67H76N8O11. The molecule has 1 saturated heterocycles. The number of benzene rings is 4. The van der Waals surface area contributed by atoms with Gasteiger partial charge in [-0.2, -0.15) is 0 Å². The van der Waals surface area contributed by atoms with Crippen LogP contribution in [0.3, 0.4) is 0 Å². The number of imide groups is 1. The van der Waals surface area contributed by atoms with Crippen LogP contribution in [0, 0.1) is 11.8 Å². The minimum atomic E-state index is -0.585. The Balaban J connectivity index is 0.662. The Kier molecular flexibility index (Phi) is 19.4. The summed E-state index contributed by atoms with van der Waals surface area (Å²) < 4.78 is 23.9. The third-order valence-corrected chi connectivity index (χ3v) is 16.8. The fraction of sp³-hybridized carbons (Fsp3) is 0.418. The minimum absolute atomic E-state index is 0.0472. The normalized spacial score (nSPS) is 18.3. The number of piperazine rings is 1. The van der Waals surface area contributed by atoms with Gasteiger partial charge in [-0.1, -0.05) is 56.7 Å². The fourth-order valence-electron chi connectivity index (χ4n) is 11.7. The lowest BCUT2D eigenvalue weighted by Crippen LogP contribution is -2.44. The number of anilines is 1. The number of fused-ring (bicyclic) bond motifs is 4. The van der Waals surface area contributed by atoms with Crippen molar-refractivity contribution >= 4 is 81.7 Å². The summed E-state index contributed by atoms with van der Waals surface area (Å²) in [6.07, 6.45) is 15.6. The van der Waals surface area contributed by atoms with E-state index in [1.807, 2.05) is 56.7 Å². The molecule has 1 fully saturated rings. The molecule has 0 unspecified atom stereocenters. The van der Waals surface area contributed by atoms with Crippen molar-refractivity contribution < 1.29 is 52.5 Å². The van der Waals surface area contributed by atoms with Crippen LogP contribution in [-0.4, -0.2) is 159 Å². The van der Waals surface area contributed by atoms with Crippen LogP contribution in [0.15, 0.2) is 107 Å². The van der Waals surface area contributed by atoms with Crippen molar-refractivity contribution in [2.24, 2.45) is 21.8 Å². The number of likely N-dealkylation sites (N-methyl/N-ethyl adjacent to an activating group) is 1. The average Bonchev–Trinajstić information content (AvgIpc) is 1.89. The van der Waals surface area contributed by atoms with Crippen LogP contribution in [0.2, 0.25) is 0 Å². The maximum absolute atomic E-state index is 14.2. The van der Waals surface area contributed by atoms with E-state index >= 15 is 0 Å². The quantitative estimate of drug-likeness (QED) is 0.0437. The van der Waals surface area contributed by atoms with E-state index < -0.39 is 5.92 Å². The summed E-state index contributed by atoms with van der Waals surface area (Å²) in [5.41, 5.74) is 7.78. The summed E-state index contributed by atoms with van der Waals surface area (Å²) in [5.74, 6) is -0.433. The molecule has 19 nitrogen and oxygen atoms in total. The van der Waals surface area contributed by atoms with Crippen LogP contribution in [0.5, 0.6) is 23.0 Å². The second kappa shape index (κ2) is 27.5. The molecule has 86 heavy (non-hydrogen) atoms. The van der Waals surface area contributed by atoms with Gasteiger partial charge >= 0.3 is 0 Å². The smallest absolute Gasteiger partial charge is 0.260 e. The van der Waals surface area contributed by atoms with Crippen molar-refractivity contribution in [2.75, 3.05) is 78.6 Å². The minimum Gasteiger partial charge on any atom is -0.493 e. The van der Waals surface area contributed by atoms with E-state index in [0.29, 0.717) is 97.4 Å². The fourth-order valence-corrected chi connectivity index (χ4v) is 11.7. The maximum atomic E-state index is 14.2. The predicted molar refractivity (Wildman–Crippen MR) is 329 cm³/mol. The van der Waals surface area contributed by atoms with Gasteiger partial charge in [-0.3, -0.25) is 48.4 Å². The lowest BCUT2D eigenvalue weighted by Gasteiger charge is -2.34. The van der Waals surface area contributed by atoms with Gasteiger partial charge in [-0.05, 0) is 97.2 Å². The number of hydrogen-bond acceptors (Lipinski definition) is 15. The van der Waals surface area contributed by atoms with Crippen LogP contribution < -0.4 is 29.2 Å². The second-order valence-electron chi connectivity index (χ2n) is 23.2. The van der Waals surface area contributed by atoms with Gasteiger partial charge in [0, 0.05) is 126 Å². The van der Waals surface area contributed by atoms with Gasteiger partial charge < -0.3 is 43.9 Å². The van der Waals surface area contributed by atoms with Crippen molar-refractivity contribution in [3.05, 3.63) is 125 Å². The molecule has 0 spiro atoms. The van der Waals surface area contributed by atoms with Gasteiger partial charge in [-0.25, -0.2) is 0 Å². The van der Waals surface area contributed by atoms with E-state index in [0.717, 1.165) is 73.3 Å². The Labute approximate surface area is 502 Å². The Hall–Kier alpha value is -8.71. The second-order valence-corrected chi connectivity index (χ2v) is 23.2. The molecule has 0 aliphatic carbocycles. The van der Waals surface area contributed by atoms with E-state index in [1.165, 1.54) is 29.8 Å². The number of carbonyl (C=O) groups excluding carboxylic acids is 7. The largest absolute Gasteiger partial charge is 0.493 e. The number of ketones is 2. The average molecular weight is 1170 g/mol. The number of amides is 5. The highest BCUT2D eigenvalue weighted by atomic mass is 16.5. The van der Waals surface area contributed by atoms with Crippen LogP contribution in [0.1, 0.15) is 115 Å². The highest BCUT2D eigenvalue weighted by molar-refractivity contribution is 6.13. The molecule has 4 aromatic rings. The first-order valence-corrected chi connectivity index (χ1v) is 30.0. The zero-order chi connectivity index (χ0) is 60.4. The summed E-state index contributed by atoms with van der Waals surface area (Å²) in [6.45, 7) is 8.79. The van der Waals surface area contributed by atoms with Gasteiger partial charge in [0.15, 0.2) is 28.8 Å². The van der Waals surface area contributed by atoms with Crippen molar-refractivity contribution in [3.63, 3.8) is 0 Å². The molecule has 5 amide bonds. The van der Waals surface area contributed by atoms with Crippen LogP contribution in [0.4, 0.5) is 17.1 Å². The highest BCUT2D eigenvalue weighted by Gasteiger charge is 2.36. The molecule has 6 aliphatic rings. The molecule has 0 radical (unpaired) electrons. The van der Waals surface area contributed by atoms with E-state index in [9.17, 15) is 33.6 Å². The molecule has 6 heterocycles. The molecule has 0 saturated carbocycles. The number of nitrogens with zero attached hydrogens (tertiary/aromatic N) is 7. The number of ether oxygens (including phenoxy) is 4. The van der Waals surface area contributed by atoms with Gasteiger partial charge in [0.1, 0.15) is 5.78 Å². The first kappa shape index (κ1) is 60.4. The standard InChI is InChI=1S/C67H76N8O11/c1-43(2)54(33-52(76)15-8-6-9-22-73-63(78)20-21-64(73)79)65(80)70-40-53(77)30-44-13-12-14-46(29-44)48-32-51-39-69-58-37-62(60(84-5)35-56(58)67(82)75(51)42-48)86-28-11-7-10-27-85-61-36-57-55(34-59(61)83-4)66(81)74-41-47(31-50(74)38-68-57)45-16-18-49(19-17-45)72-25-23-71(3)24-26-72/h12-14,16-21,29,34-39,41-43,50-51,54H,6-11,15,22-28,30-33,40H2,1-5H3,(H,70,80)/t50-,51-,54-/m0/s1. The molecule has 450 valence electrons. The molecule has 4 aromatic carbocycles. The van der Waals surface area contributed by atoms with Crippen molar-refractivity contribution in [1.82, 2.24) is 24.9 Å². The van der Waals surface area contributed by atoms with Crippen molar-refractivity contribution in [2.45, 2.75) is 96.6 Å². The third kappa shape index (κ3) is 14.2.